The number of H-pyrrole nitrogens is 1. The highest BCUT2D eigenvalue weighted by molar-refractivity contribution is 7.92. The lowest BCUT2D eigenvalue weighted by Gasteiger charge is -2.12. The van der Waals surface area contributed by atoms with Gasteiger partial charge in [0, 0.05) is 23.5 Å². The second-order valence-electron chi connectivity index (χ2n) is 7.55. The van der Waals surface area contributed by atoms with Crippen molar-refractivity contribution >= 4 is 72.9 Å². The van der Waals surface area contributed by atoms with E-state index in [-0.39, 0.29) is 24.9 Å². The van der Waals surface area contributed by atoms with Gasteiger partial charge in [0.1, 0.15) is 4.21 Å². The Labute approximate surface area is 211 Å². The van der Waals surface area contributed by atoms with Crippen LogP contribution in [0.15, 0.2) is 56.3 Å². The monoisotopic (exact) mass is 551 g/mol. The maximum atomic E-state index is 13.2. The summed E-state index contributed by atoms with van der Waals surface area (Å²) < 4.78 is 27.5. The Kier molecular flexibility index (Phi) is 5.83. The molecule has 0 unspecified atom stereocenters. The highest BCUT2D eigenvalue weighted by atomic mass is 35.5. The van der Waals surface area contributed by atoms with Crippen LogP contribution in [0.1, 0.15) is 5.56 Å². The van der Waals surface area contributed by atoms with E-state index in [0.29, 0.717) is 17.3 Å². The molecule has 2 aromatic carbocycles. The van der Waals surface area contributed by atoms with E-state index in [1.165, 1.54) is 30.3 Å². The minimum atomic E-state index is -4.11. The van der Waals surface area contributed by atoms with Gasteiger partial charge in [-0.1, -0.05) is 23.2 Å². The first-order valence-corrected chi connectivity index (χ1v) is 13.1. The van der Waals surface area contributed by atoms with Gasteiger partial charge in [-0.3, -0.25) is 4.79 Å². The molecule has 1 aliphatic heterocycles. The number of hydrogen-bond acceptors (Lipinski definition) is 7. The predicted octanol–water partition coefficient (Wildman–Crippen LogP) is 3.53. The summed E-state index contributed by atoms with van der Waals surface area (Å²) in [5.41, 5.74) is 1.28. The molecule has 0 saturated carbocycles. The first kappa shape index (κ1) is 23.4. The van der Waals surface area contributed by atoms with Gasteiger partial charge in [-0.25, -0.2) is 27.3 Å². The average molecular weight is 552 g/mol. The third-order valence-corrected chi connectivity index (χ3v) is 8.72. The van der Waals surface area contributed by atoms with Gasteiger partial charge in [0.15, 0.2) is 0 Å². The molecule has 2 amide bonds. The topological polar surface area (TPSA) is 142 Å². The summed E-state index contributed by atoms with van der Waals surface area (Å²) in [6, 6.07) is 9.14. The SMILES string of the molecule is O=C(Nc1ccc(-n2c(=O)[nH]c3c4c(ccc3c2=O)NCC4)c(Cl)c1)NS(=O)(=O)c1ccc(Cl)s1. The molecule has 0 atom stereocenters. The highest BCUT2D eigenvalue weighted by Crippen LogP contribution is 2.28. The Bertz CT molecular complexity index is 1740. The van der Waals surface area contributed by atoms with Crippen LogP contribution in [0.4, 0.5) is 16.2 Å². The minimum absolute atomic E-state index is 0.00882. The number of fused-ring (bicyclic) bond motifs is 3. The molecule has 2 aromatic heterocycles. The number of rotatable bonds is 4. The number of thiophene rings is 1. The molecular formula is C21H15Cl2N5O5S2. The number of aromatic nitrogens is 2. The van der Waals surface area contributed by atoms with Crippen molar-refractivity contribution in [3.63, 3.8) is 0 Å². The Balaban J connectivity index is 1.44. The summed E-state index contributed by atoms with van der Waals surface area (Å²) >= 11 is 12.9. The fourth-order valence-corrected chi connectivity index (χ4v) is 6.50. The molecule has 5 rings (SSSR count). The number of carbonyl (C=O) groups is 1. The van der Waals surface area contributed by atoms with Crippen LogP contribution in [-0.4, -0.2) is 30.5 Å². The Morgan fingerprint density at radius 1 is 1.09 bits per heavy atom. The standard InChI is InChI=1S/C21H15Cl2N5O5S2/c22-13-9-10(25-20(30)27-35(32,33)17-6-5-16(23)34-17)1-4-15(13)28-19(29)12-2-3-14-11(7-8-24-14)18(12)26-21(28)31/h1-6,9,24H,7-8H2,(H,26,31)(H2,25,27,30). The number of nitrogens with zero attached hydrogens (tertiary/aromatic N) is 1. The maximum Gasteiger partial charge on any atom is 0.333 e. The average Bonchev–Trinajstić information content (AvgIpc) is 3.44. The molecule has 10 nitrogen and oxygen atoms in total. The number of aromatic amines is 1. The summed E-state index contributed by atoms with van der Waals surface area (Å²) in [5, 5.41) is 5.88. The largest absolute Gasteiger partial charge is 0.384 e. The molecule has 0 radical (unpaired) electrons. The van der Waals surface area contributed by atoms with Gasteiger partial charge in [-0.05, 0) is 48.9 Å². The molecule has 4 aromatic rings. The summed E-state index contributed by atoms with van der Waals surface area (Å²) in [6.07, 6.45) is 0.685. The van der Waals surface area contributed by atoms with Crippen LogP contribution >= 0.6 is 34.5 Å². The molecule has 0 aliphatic carbocycles. The number of sulfonamides is 1. The summed E-state index contributed by atoms with van der Waals surface area (Å²) in [6.45, 7) is 0.718. The lowest BCUT2D eigenvalue weighted by atomic mass is 10.1. The molecule has 35 heavy (non-hydrogen) atoms. The Morgan fingerprint density at radius 3 is 2.60 bits per heavy atom. The molecule has 3 heterocycles. The number of halogens is 2. The van der Waals surface area contributed by atoms with Crippen LogP contribution in [0, 0.1) is 0 Å². The maximum absolute atomic E-state index is 13.2. The van der Waals surface area contributed by atoms with E-state index in [1.54, 1.807) is 12.1 Å². The van der Waals surface area contributed by atoms with Gasteiger partial charge >= 0.3 is 11.7 Å². The van der Waals surface area contributed by atoms with E-state index in [1.807, 2.05) is 4.72 Å². The van der Waals surface area contributed by atoms with Gasteiger partial charge in [0.25, 0.3) is 15.6 Å². The van der Waals surface area contributed by atoms with Crippen molar-refractivity contribution in [2.24, 2.45) is 0 Å². The number of benzene rings is 2. The molecule has 0 saturated heterocycles. The molecule has 1 aliphatic rings. The van der Waals surface area contributed by atoms with E-state index in [0.717, 1.165) is 33.7 Å². The van der Waals surface area contributed by atoms with Crippen molar-refractivity contribution in [3.8, 4) is 5.69 Å². The number of hydrogen-bond donors (Lipinski definition) is 4. The van der Waals surface area contributed by atoms with Crippen LogP contribution in [0.5, 0.6) is 0 Å². The zero-order valence-corrected chi connectivity index (χ0v) is 20.7. The summed E-state index contributed by atoms with van der Waals surface area (Å²) in [7, 11) is -4.11. The second-order valence-corrected chi connectivity index (χ2v) is 11.6. The van der Waals surface area contributed by atoms with E-state index in [4.69, 9.17) is 23.2 Å². The number of carbonyl (C=O) groups excluding carboxylic acids is 1. The van der Waals surface area contributed by atoms with Crippen molar-refractivity contribution in [2.45, 2.75) is 10.6 Å². The number of urea groups is 1. The van der Waals surface area contributed by atoms with Crippen LogP contribution in [-0.2, 0) is 16.4 Å². The van der Waals surface area contributed by atoms with Crippen LogP contribution in [0.25, 0.3) is 16.6 Å². The molecular weight excluding hydrogens is 537 g/mol. The predicted molar refractivity (Wildman–Crippen MR) is 136 cm³/mol. The second kappa shape index (κ2) is 8.72. The van der Waals surface area contributed by atoms with Crippen LogP contribution in [0.2, 0.25) is 9.36 Å². The van der Waals surface area contributed by atoms with E-state index >= 15 is 0 Å². The zero-order chi connectivity index (χ0) is 24.9. The molecule has 180 valence electrons. The Morgan fingerprint density at radius 2 is 1.89 bits per heavy atom. The van der Waals surface area contributed by atoms with Crippen molar-refractivity contribution in [1.82, 2.24) is 14.3 Å². The van der Waals surface area contributed by atoms with Crippen LogP contribution < -0.4 is 26.6 Å². The summed E-state index contributed by atoms with van der Waals surface area (Å²) in [4.78, 5) is 41.0. The van der Waals surface area contributed by atoms with Crippen molar-refractivity contribution in [3.05, 3.63) is 78.2 Å². The zero-order valence-electron chi connectivity index (χ0n) is 17.5. The quantitative estimate of drug-likeness (QED) is 0.305. The molecule has 0 spiro atoms. The van der Waals surface area contributed by atoms with Crippen molar-refractivity contribution in [1.29, 1.82) is 0 Å². The lowest BCUT2D eigenvalue weighted by Crippen LogP contribution is -2.34. The minimum Gasteiger partial charge on any atom is -0.384 e. The van der Waals surface area contributed by atoms with Gasteiger partial charge in [-0.15, -0.1) is 11.3 Å². The molecule has 0 fully saturated rings. The first-order chi connectivity index (χ1) is 16.6. The van der Waals surface area contributed by atoms with Gasteiger partial charge < -0.3 is 15.6 Å². The number of anilines is 2. The van der Waals surface area contributed by atoms with Crippen molar-refractivity contribution in [2.75, 3.05) is 17.2 Å². The van der Waals surface area contributed by atoms with Crippen molar-refractivity contribution < 1.29 is 13.2 Å². The van der Waals surface area contributed by atoms with Gasteiger partial charge in [0.2, 0.25) is 0 Å². The number of amides is 2. The number of nitrogens with one attached hydrogen (secondary N) is 4. The normalized spacial score (nSPS) is 12.9. The molecule has 0 bridgehead atoms. The van der Waals surface area contributed by atoms with E-state index in [9.17, 15) is 22.8 Å². The molecule has 14 heteroatoms. The van der Waals surface area contributed by atoms with Gasteiger partial charge in [-0.2, -0.15) is 0 Å². The lowest BCUT2D eigenvalue weighted by molar-refractivity contribution is 0.256. The van der Waals surface area contributed by atoms with Crippen LogP contribution in [0.3, 0.4) is 0 Å². The third kappa shape index (κ3) is 4.29. The highest BCUT2D eigenvalue weighted by Gasteiger charge is 2.21. The third-order valence-electron chi connectivity index (χ3n) is 5.36. The first-order valence-electron chi connectivity index (χ1n) is 10.1. The van der Waals surface area contributed by atoms with E-state index < -0.39 is 27.3 Å². The summed E-state index contributed by atoms with van der Waals surface area (Å²) in [5.74, 6) is 0. The smallest absolute Gasteiger partial charge is 0.333 e. The fourth-order valence-electron chi connectivity index (χ4n) is 3.85. The van der Waals surface area contributed by atoms with Gasteiger partial charge in [0.05, 0.1) is 25.9 Å². The fraction of sp³-hybridized carbons (Fsp3) is 0.0952. The van der Waals surface area contributed by atoms with E-state index in [2.05, 4.69) is 15.6 Å². The Hall–Kier alpha value is -3.32. The molecule has 4 N–H and O–H groups in total.